The van der Waals surface area contributed by atoms with Crippen LogP contribution in [0.3, 0.4) is 0 Å². The maximum absolute atomic E-state index is 5.68. The number of aromatic nitrogens is 2. The van der Waals surface area contributed by atoms with Crippen molar-refractivity contribution in [3.8, 4) is 0 Å². The fraction of sp³-hybridized carbons (Fsp3) is 0.727. The van der Waals surface area contributed by atoms with Crippen LogP contribution in [0.4, 0.5) is 0 Å². The van der Waals surface area contributed by atoms with E-state index in [1.165, 1.54) is 18.7 Å². The van der Waals surface area contributed by atoms with Gasteiger partial charge in [0.15, 0.2) is 0 Å². The average molecular weight is 245 g/mol. The zero-order valence-electron chi connectivity index (χ0n) is 9.80. The molecular formula is C11H21ClN4. The largest absolute Gasteiger partial charge is 0.330 e. The summed E-state index contributed by atoms with van der Waals surface area (Å²) in [4.78, 5) is 2.47. The summed E-state index contributed by atoms with van der Waals surface area (Å²) in [6, 6.07) is 2.11. The molecule has 0 spiro atoms. The van der Waals surface area contributed by atoms with Crippen molar-refractivity contribution >= 4 is 12.4 Å². The highest BCUT2D eigenvalue weighted by Gasteiger charge is 2.21. The second-order valence-electron chi connectivity index (χ2n) is 4.26. The maximum Gasteiger partial charge on any atom is 0.0524 e. The van der Waals surface area contributed by atoms with Crippen molar-refractivity contribution in [1.82, 2.24) is 14.7 Å². The van der Waals surface area contributed by atoms with Gasteiger partial charge < -0.3 is 5.73 Å². The lowest BCUT2D eigenvalue weighted by molar-refractivity contribution is 0.306. The Labute approximate surface area is 103 Å². The fourth-order valence-corrected chi connectivity index (χ4v) is 2.26. The predicted octanol–water partition coefficient (Wildman–Crippen LogP) is 1.11. The number of rotatable bonds is 4. The highest BCUT2D eigenvalue weighted by Crippen LogP contribution is 2.17. The molecule has 1 atom stereocenters. The monoisotopic (exact) mass is 244 g/mol. The molecule has 5 heteroatoms. The Bertz CT molecular complexity index is 313. The molecule has 1 aromatic rings. The molecule has 1 aromatic heterocycles. The number of likely N-dealkylation sites (tertiary alicyclic amines) is 1. The standard InChI is InChI=1S/C11H20N4.ClH/c1-2-15-11(3-5-13-15)9-14-6-4-10(7-12)8-14;/h3,5,10H,2,4,6-9,12H2,1H3;1H. The van der Waals surface area contributed by atoms with Gasteiger partial charge in [0.05, 0.1) is 5.69 Å². The zero-order chi connectivity index (χ0) is 10.7. The molecular weight excluding hydrogens is 224 g/mol. The highest BCUT2D eigenvalue weighted by atomic mass is 35.5. The Morgan fingerprint density at radius 1 is 1.56 bits per heavy atom. The smallest absolute Gasteiger partial charge is 0.0524 e. The molecule has 0 bridgehead atoms. The molecule has 2 rings (SSSR count). The van der Waals surface area contributed by atoms with Gasteiger partial charge >= 0.3 is 0 Å². The summed E-state index contributed by atoms with van der Waals surface area (Å²) in [5.41, 5.74) is 7.00. The third-order valence-corrected chi connectivity index (χ3v) is 3.19. The van der Waals surface area contributed by atoms with E-state index in [0.717, 1.165) is 26.2 Å². The summed E-state index contributed by atoms with van der Waals surface area (Å²) < 4.78 is 2.07. The molecule has 1 aliphatic rings. The summed E-state index contributed by atoms with van der Waals surface area (Å²) in [5, 5.41) is 4.28. The van der Waals surface area contributed by atoms with Crippen LogP contribution in [-0.4, -0.2) is 34.3 Å². The highest BCUT2D eigenvalue weighted by molar-refractivity contribution is 5.85. The van der Waals surface area contributed by atoms with Crippen LogP contribution in [0.1, 0.15) is 19.0 Å². The second kappa shape index (κ2) is 6.23. The summed E-state index contributed by atoms with van der Waals surface area (Å²) in [7, 11) is 0. The molecule has 4 nitrogen and oxygen atoms in total. The first-order chi connectivity index (χ1) is 7.33. The van der Waals surface area contributed by atoms with Gasteiger partial charge in [-0.25, -0.2) is 0 Å². The van der Waals surface area contributed by atoms with Gasteiger partial charge in [0.25, 0.3) is 0 Å². The SMILES string of the molecule is CCn1nccc1CN1CCC(CN)C1.Cl. The van der Waals surface area contributed by atoms with Gasteiger partial charge in [-0.1, -0.05) is 0 Å². The van der Waals surface area contributed by atoms with E-state index >= 15 is 0 Å². The Morgan fingerprint density at radius 2 is 2.38 bits per heavy atom. The quantitative estimate of drug-likeness (QED) is 0.863. The third-order valence-electron chi connectivity index (χ3n) is 3.19. The predicted molar refractivity (Wildman–Crippen MR) is 67.6 cm³/mol. The molecule has 0 amide bonds. The van der Waals surface area contributed by atoms with Crippen LogP contribution in [0.25, 0.3) is 0 Å². The Balaban J connectivity index is 0.00000128. The van der Waals surface area contributed by atoms with Crippen molar-refractivity contribution in [1.29, 1.82) is 0 Å². The molecule has 0 saturated carbocycles. The van der Waals surface area contributed by atoms with Crippen LogP contribution in [0.5, 0.6) is 0 Å². The van der Waals surface area contributed by atoms with Crippen LogP contribution < -0.4 is 5.73 Å². The van der Waals surface area contributed by atoms with Gasteiger partial charge in [0, 0.05) is 25.8 Å². The van der Waals surface area contributed by atoms with Crippen molar-refractivity contribution in [3.05, 3.63) is 18.0 Å². The minimum absolute atomic E-state index is 0. The first-order valence-electron chi connectivity index (χ1n) is 5.76. The number of nitrogens with zero attached hydrogens (tertiary/aromatic N) is 3. The van der Waals surface area contributed by atoms with Crippen LogP contribution in [0.2, 0.25) is 0 Å². The Kier molecular flexibility index (Phi) is 5.25. The molecule has 1 aliphatic heterocycles. The van der Waals surface area contributed by atoms with E-state index < -0.39 is 0 Å². The van der Waals surface area contributed by atoms with Gasteiger partial charge in [-0.15, -0.1) is 12.4 Å². The lowest BCUT2D eigenvalue weighted by Crippen LogP contribution is -2.24. The summed E-state index contributed by atoms with van der Waals surface area (Å²) >= 11 is 0. The lowest BCUT2D eigenvalue weighted by Gasteiger charge is -2.16. The molecule has 1 fully saturated rings. The molecule has 0 radical (unpaired) electrons. The number of halogens is 1. The van der Waals surface area contributed by atoms with E-state index in [2.05, 4.69) is 27.7 Å². The topological polar surface area (TPSA) is 47.1 Å². The lowest BCUT2D eigenvalue weighted by atomic mass is 10.1. The van der Waals surface area contributed by atoms with E-state index in [0.29, 0.717) is 5.92 Å². The zero-order valence-corrected chi connectivity index (χ0v) is 10.6. The van der Waals surface area contributed by atoms with Gasteiger partial charge in [-0.3, -0.25) is 9.58 Å². The molecule has 1 unspecified atom stereocenters. The molecule has 92 valence electrons. The normalized spacial score (nSPS) is 21.0. The van der Waals surface area contributed by atoms with Gasteiger partial charge in [0.1, 0.15) is 0 Å². The van der Waals surface area contributed by atoms with Crippen LogP contribution >= 0.6 is 12.4 Å². The number of hydrogen-bond donors (Lipinski definition) is 1. The first kappa shape index (κ1) is 13.5. The first-order valence-corrected chi connectivity index (χ1v) is 5.76. The number of hydrogen-bond acceptors (Lipinski definition) is 3. The molecule has 1 saturated heterocycles. The molecule has 2 N–H and O–H groups in total. The third kappa shape index (κ3) is 2.97. The van der Waals surface area contributed by atoms with Crippen LogP contribution in [-0.2, 0) is 13.1 Å². The average Bonchev–Trinajstić information content (AvgIpc) is 2.87. The molecule has 16 heavy (non-hydrogen) atoms. The summed E-state index contributed by atoms with van der Waals surface area (Å²) in [6.07, 6.45) is 3.13. The van der Waals surface area contributed by atoms with E-state index in [9.17, 15) is 0 Å². The van der Waals surface area contributed by atoms with E-state index in [1.54, 1.807) is 0 Å². The maximum atomic E-state index is 5.68. The van der Waals surface area contributed by atoms with E-state index in [4.69, 9.17) is 5.73 Å². The summed E-state index contributed by atoms with van der Waals surface area (Å²) in [5.74, 6) is 0.697. The van der Waals surface area contributed by atoms with Crippen molar-refractivity contribution in [3.63, 3.8) is 0 Å². The van der Waals surface area contributed by atoms with Crippen molar-refractivity contribution in [2.75, 3.05) is 19.6 Å². The Morgan fingerprint density at radius 3 is 3.00 bits per heavy atom. The van der Waals surface area contributed by atoms with Crippen molar-refractivity contribution in [2.24, 2.45) is 11.7 Å². The van der Waals surface area contributed by atoms with E-state index in [1.807, 2.05) is 6.20 Å². The van der Waals surface area contributed by atoms with Crippen LogP contribution in [0.15, 0.2) is 12.3 Å². The van der Waals surface area contributed by atoms with Crippen LogP contribution in [0, 0.1) is 5.92 Å². The van der Waals surface area contributed by atoms with Gasteiger partial charge in [-0.2, -0.15) is 5.10 Å². The van der Waals surface area contributed by atoms with Crippen molar-refractivity contribution in [2.45, 2.75) is 26.4 Å². The fourth-order valence-electron chi connectivity index (χ4n) is 2.26. The molecule has 0 aliphatic carbocycles. The minimum atomic E-state index is 0. The van der Waals surface area contributed by atoms with Crippen molar-refractivity contribution < 1.29 is 0 Å². The second-order valence-corrected chi connectivity index (χ2v) is 4.26. The van der Waals surface area contributed by atoms with E-state index in [-0.39, 0.29) is 12.4 Å². The van der Waals surface area contributed by atoms with Gasteiger partial charge in [0.2, 0.25) is 0 Å². The Hall–Kier alpha value is -0.580. The van der Waals surface area contributed by atoms with Gasteiger partial charge in [-0.05, 0) is 38.4 Å². The molecule has 0 aromatic carbocycles. The number of nitrogens with two attached hydrogens (primary N) is 1. The molecule has 2 heterocycles. The number of aryl methyl sites for hydroxylation is 1. The minimum Gasteiger partial charge on any atom is -0.330 e. The summed E-state index contributed by atoms with van der Waals surface area (Å²) in [6.45, 7) is 7.25.